The van der Waals surface area contributed by atoms with Crippen molar-refractivity contribution in [3.63, 3.8) is 0 Å². The molecule has 0 radical (unpaired) electrons. The quantitative estimate of drug-likeness (QED) is 0.791. The van der Waals surface area contributed by atoms with E-state index in [9.17, 15) is 0 Å². The van der Waals surface area contributed by atoms with Crippen LogP contribution in [-0.2, 0) is 4.74 Å². The van der Waals surface area contributed by atoms with E-state index in [1.165, 1.54) is 12.1 Å². The maximum atomic E-state index is 5.33. The number of benzene rings is 1. The van der Waals surface area contributed by atoms with Gasteiger partial charge in [0.1, 0.15) is 0 Å². The molecule has 0 amide bonds. The highest BCUT2D eigenvalue weighted by Gasteiger charge is 2.19. The van der Waals surface area contributed by atoms with Crippen molar-refractivity contribution in [3.8, 4) is 0 Å². The molecule has 1 atom stereocenters. The first kappa shape index (κ1) is 16.3. The summed E-state index contributed by atoms with van der Waals surface area (Å²) in [6, 6.07) is 11.2. The van der Waals surface area contributed by atoms with Crippen molar-refractivity contribution in [2.24, 2.45) is 0 Å². The number of nitrogens with one attached hydrogen (secondary N) is 1. The van der Waals surface area contributed by atoms with E-state index in [0.717, 1.165) is 45.9 Å². The molecule has 4 nitrogen and oxygen atoms in total. The van der Waals surface area contributed by atoms with E-state index < -0.39 is 0 Å². The molecule has 0 aliphatic carbocycles. The maximum Gasteiger partial charge on any atom is 0.0628 e. The highest BCUT2D eigenvalue weighted by Crippen LogP contribution is 2.15. The summed E-state index contributed by atoms with van der Waals surface area (Å²) in [5.74, 6) is 0. The van der Waals surface area contributed by atoms with Crippen LogP contribution < -0.4 is 10.2 Å². The van der Waals surface area contributed by atoms with Gasteiger partial charge in [0.2, 0.25) is 0 Å². The van der Waals surface area contributed by atoms with Gasteiger partial charge in [-0.1, -0.05) is 25.1 Å². The van der Waals surface area contributed by atoms with Crippen LogP contribution in [0.2, 0.25) is 0 Å². The fraction of sp³-hybridized carbons (Fsp3) is 0.647. The molecular formula is C17H29N3O. The van der Waals surface area contributed by atoms with Crippen molar-refractivity contribution in [2.45, 2.75) is 19.4 Å². The largest absolute Gasteiger partial charge is 0.383 e. The van der Waals surface area contributed by atoms with E-state index in [1.807, 2.05) is 0 Å². The van der Waals surface area contributed by atoms with Crippen LogP contribution in [0.15, 0.2) is 30.3 Å². The molecule has 2 rings (SSSR count). The molecule has 0 bridgehead atoms. The molecule has 1 aromatic rings. The number of rotatable bonds is 8. The fourth-order valence-corrected chi connectivity index (χ4v) is 2.86. The molecule has 1 fully saturated rings. The first-order chi connectivity index (χ1) is 10.3. The molecule has 1 saturated heterocycles. The van der Waals surface area contributed by atoms with Crippen LogP contribution in [0.25, 0.3) is 0 Å². The van der Waals surface area contributed by atoms with Gasteiger partial charge in [-0.3, -0.25) is 4.90 Å². The highest BCUT2D eigenvalue weighted by molar-refractivity contribution is 5.46. The zero-order valence-corrected chi connectivity index (χ0v) is 13.4. The summed E-state index contributed by atoms with van der Waals surface area (Å²) in [5.41, 5.74) is 1.34. The molecule has 0 spiro atoms. The second-order valence-electron chi connectivity index (χ2n) is 5.73. The Kier molecular flexibility index (Phi) is 7.00. The van der Waals surface area contributed by atoms with Gasteiger partial charge in [-0.25, -0.2) is 0 Å². The summed E-state index contributed by atoms with van der Waals surface area (Å²) in [5, 5.41) is 3.58. The normalized spacial score (nSPS) is 17.9. The maximum absolute atomic E-state index is 5.33. The average Bonchev–Trinajstić information content (AvgIpc) is 2.54. The van der Waals surface area contributed by atoms with Gasteiger partial charge in [-0.05, 0) is 25.1 Å². The van der Waals surface area contributed by atoms with E-state index in [1.54, 1.807) is 7.11 Å². The number of hydrogen-bond acceptors (Lipinski definition) is 4. The van der Waals surface area contributed by atoms with E-state index in [-0.39, 0.29) is 0 Å². The van der Waals surface area contributed by atoms with Gasteiger partial charge in [0.15, 0.2) is 0 Å². The standard InChI is InChI=1S/C17H29N3O/c1-3-9-18-16(15-21-2)14-19-10-12-20(13-11-19)17-7-5-4-6-8-17/h4-8,16,18H,3,9-15H2,1-2H3. The molecule has 0 saturated carbocycles. The third kappa shape index (κ3) is 5.30. The predicted molar refractivity (Wildman–Crippen MR) is 89.1 cm³/mol. The minimum absolute atomic E-state index is 0.443. The van der Waals surface area contributed by atoms with Crippen LogP contribution in [0, 0.1) is 0 Å². The molecule has 4 heteroatoms. The lowest BCUT2D eigenvalue weighted by Gasteiger charge is -2.37. The molecule has 1 aliphatic rings. The number of anilines is 1. The summed E-state index contributed by atoms with van der Waals surface area (Å²) >= 11 is 0. The number of piperazine rings is 1. The Hall–Kier alpha value is -1.10. The molecule has 1 heterocycles. The molecule has 1 aliphatic heterocycles. The van der Waals surface area contributed by atoms with Gasteiger partial charge < -0.3 is 15.0 Å². The average molecular weight is 291 g/mol. The number of hydrogen-bond donors (Lipinski definition) is 1. The van der Waals surface area contributed by atoms with Crippen LogP contribution in [0.3, 0.4) is 0 Å². The number of ether oxygens (including phenoxy) is 1. The van der Waals surface area contributed by atoms with Crippen molar-refractivity contribution >= 4 is 5.69 Å². The Morgan fingerprint density at radius 2 is 1.86 bits per heavy atom. The third-order valence-electron chi connectivity index (χ3n) is 4.02. The SMILES string of the molecule is CCCNC(COC)CN1CCN(c2ccccc2)CC1. The number of para-hydroxylation sites is 1. The van der Waals surface area contributed by atoms with E-state index in [0.29, 0.717) is 6.04 Å². The minimum atomic E-state index is 0.443. The molecule has 21 heavy (non-hydrogen) atoms. The topological polar surface area (TPSA) is 27.7 Å². The van der Waals surface area contributed by atoms with Gasteiger partial charge in [-0.15, -0.1) is 0 Å². The molecule has 1 N–H and O–H groups in total. The van der Waals surface area contributed by atoms with Crippen LogP contribution in [0.4, 0.5) is 5.69 Å². The fourth-order valence-electron chi connectivity index (χ4n) is 2.86. The summed E-state index contributed by atoms with van der Waals surface area (Å²) in [6.07, 6.45) is 1.17. The zero-order valence-electron chi connectivity index (χ0n) is 13.4. The van der Waals surface area contributed by atoms with Gasteiger partial charge in [0, 0.05) is 51.6 Å². The van der Waals surface area contributed by atoms with Crippen molar-refractivity contribution < 1.29 is 4.74 Å². The first-order valence-corrected chi connectivity index (χ1v) is 8.08. The zero-order chi connectivity index (χ0) is 14.9. The molecule has 118 valence electrons. The van der Waals surface area contributed by atoms with Gasteiger partial charge >= 0.3 is 0 Å². The predicted octanol–water partition coefficient (Wildman–Crippen LogP) is 1.82. The van der Waals surface area contributed by atoms with E-state index >= 15 is 0 Å². The lowest BCUT2D eigenvalue weighted by Crippen LogP contribution is -2.51. The molecule has 1 aromatic carbocycles. The Morgan fingerprint density at radius 3 is 2.48 bits per heavy atom. The lowest BCUT2D eigenvalue weighted by molar-refractivity contribution is 0.135. The van der Waals surface area contributed by atoms with Gasteiger partial charge in [0.05, 0.1) is 6.61 Å². The summed E-state index contributed by atoms with van der Waals surface area (Å²) < 4.78 is 5.33. The third-order valence-corrected chi connectivity index (χ3v) is 4.02. The van der Waals surface area contributed by atoms with Crippen molar-refractivity contribution in [1.82, 2.24) is 10.2 Å². The van der Waals surface area contributed by atoms with Crippen LogP contribution in [0.5, 0.6) is 0 Å². The second kappa shape index (κ2) is 9.03. The van der Waals surface area contributed by atoms with Gasteiger partial charge in [0.25, 0.3) is 0 Å². The summed E-state index contributed by atoms with van der Waals surface area (Å²) in [7, 11) is 1.79. The lowest BCUT2D eigenvalue weighted by atomic mass is 10.2. The van der Waals surface area contributed by atoms with E-state index in [4.69, 9.17) is 4.74 Å². The molecule has 0 aromatic heterocycles. The number of nitrogens with zero attached hydrogens (tertiary/aromatic N) is 2. The number of methoxy groups -OCH3 is 1. The van der Waals surface area contributed by atoms with Crippen molar-refractivity contribution in [3.05, 3.63) is 30.3 Å². The van der Waals surface area contributed by atoms with E-state index in [2.05, 4.69) is 52.4 Å². The summed E-state index contributed by atoms with van der Waals surface area (Å²) in [6.45, 7) is 9.61. The Balaban J connectivity index is 1.77. The second-order valence-corrected chi connectivity index (χ2v) is 5.73. The molecular weight excluding hydrogens is 262 g/mol. The van der Waals surface area contributed by atoms with Crippen molar-refractivity contribution in [1.29, 1.82) is 0 Å². The summed E-state index contributed by atoms with van der Waals surface area (Å²) in [4.78, 5) is 5.02. The van der Waals surface area contributed by atoms with Crippen LogP contribution in [-0.4, -0.2) is 63.9 Å². The Labute approximate surface area is 129 Å². The van der Waals surface area contributed by atoms with Crippen LogP contribution in [0.1, 0.15) is 13.3 Å². The van der Waals surface area contributed by atoms with Crippen LogP contribution >= 0.6 is 0 Å². The van der Waals surface area contributed by atoms with Gasteiger partial charge in [-0.2, -0.15) is 0 Å². The van der Waals surface area contributed by atoms with Crippen molar-refractivity contribution in [2.75, 3.05) is 57.9 Å². The highest BCUT2D eigenvalue weighted by atomic mass is 16.5. The molecule has 1 unspecified atom stereocenters. The Morgan fingerprint density at radius 1 is 1.14 bits per heavy atom. The first-order valence-electron chi connectivity index (χ1n) is 8.08. The minimum Gasteiger partial charge on any atom is -0.383 e. The smallest absolute Gasteiger partial charge is 0.0628 e. The monoisotopic (exact) mass is 291 g/mol. The Bertz CT molecular complexity index is 377.